The summed E-state index contributed by atoms with van der Waals surface area (Å²) in [5.74, 6) is -0.339. The van der Waals surface area contributed by atoms with Gasteiger partial charge in [-0.2, -0.15) is 0 Å². The van der Waals surface area contributed by atoms with Crippen molar-refractivity contribution in [3.63, 3.8) is 0 Å². The van der Waals surface area contributed by atoms with Crippen molar-refractivity contribution in [2.45, 2.75) is 78.5 Å². The molecule has 2 aromatic heterocycles. The summed E-state index contributed by atoms with van der Waals surface area (Å²) >= 11 is 1.65. The molecule has 0 spiro atoms. The summed E-state index contributed by atoms with van der Waals surface area (Å²) in [4.78, 5) is 34.1. The Morgan fingerprint density at radius 2 is 2.00 bits per heavy atom. The number of aliphatic hydroxyl groups is 1. The number of likely N-dealkylation sites (tertiary alicyclic amines) is 1. The lowest BCUT2D eigenvalue weighted by Crippen LogP contribution is -2.50. The second-order valence-electron chi connectivity index (χ2n) is 10.4. The predicted octanol–water partition coefficient (Wildman–Crippen LogP) is 4.00. The Kier molecular flexibility index (Phi) is 7.80. The molecule has 4 rings (SSSR count). The van der Waals surface area contributed by atoms with Gasteiger partial charge in [-0.05, 0) is 50.2 Å². The van der Waals surface area contributed by atoms with E-state index in [-0.39, 0.29) is 42.7 Å². The van der Waals surface area contributed by atoms with E-state index in [1.54, 1.807) is 17.4 Å². The van der Waals surface area contributed by atoms with E-state index >= 15 is 0 Å². The highest BCUT2D eigenvalue weighted by Gasteiger charge is 2.43. The Hall–Kier alpha value is -2.78. The van der Waals surface area contributed by atoms with Gasteiger partial charge in [0.15, 0.2) is 0 Å². The van der Waals surface area contributed by atoms with Crippen LogP contribution in [0.3, 0.4) is 0 Å². The second kappa shape index (κ2) is 10.7. The normalized spacial score (nSPS) is 23.9. The van der Waals surface area contributed by atoms with Crippen molar-refractivity contribution in [2.75, 3.05) is 6.54 Å². The van der Waals surface area contributed by atoms with Gasteiger partial charge in [-0.3, -0.25) is 9.59 Å². The van der Waals surface area contributed by atoms with E-state index in [0.29, 0.717) is 11.5 Å². The highest BCUT2D eigenvalue weighted by atomic mass is 32.1. The number of rotatable bonds is 7. The lowest BCUT2D eigenvalue weighted by Gasteiger charge is -2.31. The lowest BCUT2D eigenvalue weighted by atomic mass is 9.84. The van der Waals surface area contributed by atoms with Gasteiger partial charge < -0.3 is 19.8 Å². The Morgan fingerprint density at radius 3 is 2.58 bits per heavy atom. The van der Waals surface area contributed by atoms with Crippen molar-refractivity contribution in [3.8, 4) is 0 Å². The molecular formula is C27H36N4O4S. The summed E-state index contributed by atoms with van der Waals surface area (Å²) in [6, 6.07) is 0.838. The molecular weight excluding hydrogens is 476 g/mol. The van der Waals surface area contributed by atoms with Crippen molar-refractivity contribution in [1.82, 2.24) is 20.4 Å². The summed E-state index contributed by atoms with van der Waals surface area (Å²) in [5, 5.41) is 17.4. The Balaban J connectivity index is 1.49. The summed E-state index contributed by atoms with van der Waals surface area (Å²) in [5.41, 5.74) is 6.02. The van der Waals surface area contributed by atoms with Crippen molar-refractivity contribution in [1.29, 1.82) is 0 Å². The minimum atomic E-state index is -0.745. The van der Waals surface area contributed by atoms with Crippen LogP contribution < -0.4 is 5.32 Å². The molecule has 0 aromatic carbocycles. The Labute approximate surface area is 216 Å². The number of aliphatic hydroxyl groups excluding tert-OH is 1. The number of nitrogens with zero attached hydrogens (tertiary/aromatic N) is 3. The number of carbonyl (C=O) groups excluding carboxylic acids is 2. The standard InChI is InChI=1S/C27H36N4O4S/c1-14(2)24(23-10-16(4)30-35-23)27(34)31-12-20(32)11-22(31)26(33)29-17(5)21-8-7-19(9-15(21)3)25-18(6)28-13-36-25/h7-8,10,13-15,17,20,22,24,32H,9,11-12H2,1-6H3,(H,29,33)/t15?,17-,20+,22-,24-/m0/s1. The molecule has 1 fully saturated rings. The van der Waals surface area contributed by atoms with Crippen molar-refractivity contribution >= 4 is 28.7 Å². The van der Waals surface area contributed by atoms with Gasteiger partial charge in [0.2, 0.25) is 11.8 Å². The second-order valence-corrected chi connectivity index (χ2v) is 11.3. The third-order valence-corrected chi connectivity index (χ3v) is 8.22. The molecule has 5 atom stereocenters. The molecule has 1 aliphatic heterocycles. The summed E-state index contributed by atoms with van der Waals surface area (Å²) in [6.45, 7) is 12.0. The maximum absolute atomic E-state index is 13.6. The molecule has 0 radical (unpaired) electrons. The van der Waals surface area contributed by atoms with E-state index in [9.17, 15) is 14.7 Å². The fourth-order valence-electron chi connectivity index (χ4n) is 5.37. The lowest BCUT2D eigenvalue weighted by molar-refractivity contribution is -0.141. The molecule has 0 bridgehead atoms. The summed E-state index contributed by atoms with van der Waals surface area (Å²) in [7, 11) is 0. The van der Waals surface area contributed by atoms with Crippen LogP contribution in [0.15, 0.2) is 33.8 Å². The third-order valence-electron chi connectivity index (χ3n) is 7.22. The van der Waals surface area contributed by atoms with Crippen LogP contribution in [0.5, 0.6) is 0 Å². The van der Waals surface area contributed by atoms with Crippen molar-refractivity contribution in [2.24, 2.45) is 11.8 Å². The van der Waals surface area contributed by atoms with Gasteiger partial charge in [0.1, 0.15) is 17.7 Å². The number of amides is 2. The topological polar surface area (TPSA) is 109 Å². The predicted molar refractivity (Wildman–Crippen MR) is 139 cm³/mol. The molecule has 8 nitrogen and oxygen atoms in total. The fourth-order valence-corrected chi connectivity index (χ4v) is 6.21. The van der Waals surface area contributed by atoms with Crippen LogP contribution in [0.2, 0.25) is 0 Å². The van der Waals surface area contributed by atoms with Crippen LogP contribution in [0.4, 0.5) is 0 Å². The number of carbonyl (C=O) groups is 2. The van der Waals surface area contributed by atoms with Gasteiger partial charge in [0, 0.05) is 25.1 Å². The Bertz CT molecular complexity index is 1180. The molecule has 3 heterocycles. The van der Waals surface area contributed by atoms with Gasteiger partial charge in [0.25, 0.3) is 0 Å². The maximum Gasteiger partial charge on any atom is 0.243 e. The fraction of sp³-hybridized carbons (Fsp3) is 0.556. The van der Waals surface area contributed by atoms with Crippen LogP contribution in [0.25, 0.3) is 5.57 Å². The number of aryl methyl sites for hydroxylation is 2. The molecule has 9 heteroatoms. The zero-order valence-electron chi connectivity index (χ0n) is 21.8. The van der Waals surface area contributed by atoms with Crippen LogP contribution in [0, 0.1) is 25.7 Å². The first-order chi connectivity index (χ1) is 17.1. The van der Waals surface area contributed by atoms with Crippen LogP contribution in [0.1, 0.15) is 68.5 Å². The number of hydrogen-bond donors (Lipinski definition) is 2. The zero-order chi connectivity index (χ0) is 26.1. The average molecular weight is 513 g/mol. The van der Waals surface area contributed by atoms with Gasteiger partial charge in [-0.15, -0.1) is 11.3 Å². The quantitative estimate of drug-likeness (QED) is 0.580. The molecule has 1 aliphatic carbocycles. The van der Waals surface area contributed by atoms with Gasteiger partial charge in [0.05, 0.1) is 27.9 Å². The van der Waals surface area contributed by atoms with Gasteiger partial charge in [-0.1, -0.05) is 38.1 Å². The van der Waals surface area contributed by atoms with Crippen LogP contribution in [-0.2, 0) is 9.59 Å². The molecule has 36 heavy (non-hydrogen) atoms. The molecule has 194 valence electrons. The largest absolute Gasteiger partial charge is 0.391 e. The van der Waals surface area contributed by atoms with E-state index in [0.717, 1.165) is 17.7 Å². The number of hydrogen-bond acceptors (Lipinski definition) is 7. The molecule has 2 aromatic rings. The zero-order valence-corrected chi connectivity index (χ0v) is 22.6. The summed E-state index contributed by atoms with van der Waals surface area (Å²) < 4.78 is 5.41. The van der Waals surface area contributed by atoms with E-state index in [2.05, 4.69) is 34.5 Å². The first kappa shape index (κ1) is 26.3. The van der Waals surface area contributed by atoms with Crippen molar-refractivity contribution < 1.29 is 19.2 Å². The number of nitrogens with one attached hydrogen (secondary N) is 1. The van der Waals surface area contributed by atoms with Crippen LogP contribution in [-0.4, -0.2) is 56.7 Å². The number of allylic oxidation sites excluding steroid dienone is 3. The molecule has 1 saturated heterocycles. The van der Waals surface area contributed by atoms with Gasteiger partial charge >= 0.3 is 0 Å². The molecule has 1 unspecified atom stereocenters. The van der Waals surface area contributed by atoms with E-state index in [1.807, 2.05) is 40.1 Å². The number of thiazole rings is 1. The van der Waals surface area contributed by atoms with Crippen LogP contribution >= 0.6 is 11.3 Å². The number of aromatic nitrogens is 2. The SMILES string of the molecule is Cc1cc([C@@H](C(=O)N2C[C@H](O)C[C@H]2C(=O)N[C@@H](C)C2=CC=C(c3scnc3C)CC2C)C(C)C)on1. The first-order valence-corrected chi connectivity index (χ1v) is 13.5. The maximum atomic E-state index is 13.6. The van der Waals surface area contributed by atoms with E-state index in [4.69, 9.17) is 4.52 Å². The highest BCUT2D eigenvalue weighted by molar-refractivity contribution is 7.10. The monoisotopic (exact) mass is 512 g/mol. The van der Waals surface area contributed by atoms with E-state index in [1.165, 1.54) is 15.4 Å². The Morgan fingerprint density at radius 1 is 1.25 bits per heavy atom. The van der Waals surface area contributed by atoms with E-state index < -0.39 is 18.1 Å². The first-order valence-electron chi connectivity index (χ1n) is 12.6. The number of β-amino-alcohol motifs (C(OH)–C–C–N with tert-alkyl or cyclic N) is 1. The molecule has 2 N–H and O–H groups in total. The molecule has 2 aliphatic rings. The molecule has 2 amide bonds. The molecule has 0 saturated carbocycles. The highest BCUT2D eigenvalue weighted by Crippen LogP contribution is 2.36. The minimum Gasteiger partial charge on any atom is -0.391 e. The smallest absolute Gasteiger partial charge is 0.243 e. The van der Waals surface area contributed by atoms with Crippen molar-refractivity contribution in [3.05, 3.63) is 51.3 Å². The van der Waals surface area contributed by atoms with Gasteiger partial charge in [-0.25, -0.2) is 4.98 Å². The minimum absolute atomic E-state index is 0.0540. The summed E-state index contributed by atoms with van der Waals surface area (Å²) in [6.07, 6.45) is 4.58. The average Bonchev–Trinajstić information content (AvgIpc) is 3.53. The third kappa shape index (κ3) is 5.32.